The molecule has 0 aromatic heterocycles. The lowest BCUT2D eigenvalue weighted by molar-refractivity contribution is 0.217. The van der Waals surface area contributed by atoms with Gasteiger partial charge < -0.3 is 0 Å². The van der Waals surface area contributed by atoms with E-state index in [1.807, 2.05) is 13.8 Å². The lowest BCUT2D eigenvalue weighted by Crippen LogP contribution is -2.55. The van der Waals surface area contributed by atoms with Gasteiger partial charge >= 0.3 is 0 Å². The van der Waals surface area contributed by atoms with E-state index in [1.54, 1.807) is 19.2 Å². The highest BCUT2D eigenvalue weighted by molar-refractivity contribution is 7.87. The molecule has 0 amide bonds. The fraction of sp³-hybridized carbons (Fsp3) is 0.571. The van der Waals surface area contributed by atoms with Crippen molar-refractivity contribution in [3.8, 4) is 0 Å². The Bertz CT molecular complexity index is 565. The van der Waals surface area contributed by atoms with Gasteiger partial charge in [0.1, 0.15) is 5.82 Å². The van der Waals surface area contributed by atoms with Crippen molar-refractivity contribution in [2.75, 3.05) is 7.05 Å². The second-order valence-corrected chi connectivity index (χ2v) is 7.39. The van der Waals surface area contributed by atoms with Gasteiger partial charge in [0.05, 0.1) is 5.54 Å². The van der Waals surface area contributed by atoms with E-state index in [0.717, 1.165) is 24.8 Å². The fourth-order valence-electron chi connectivity index (χ4n) is 2.35. The van der Waals surface area contributed by atoms with Crippen molar-refractivity contribution < 1.29 is 12.8 Å². The van der Waals surface area contributed by atoms with Gasteiger partial charge in [-0.1, -0.05) is 12.1 Å². The molecule has 0 spiro atoms. The van der Waals surface area contributed by atoms with Crippen molar-refractivity contribution in [1.29, 1.82) is 0 Å². The van der Waals surface area contributed by atoms with Gasteiger partial charge in [-0.15, -0.1) is 0 Å². The molecule has 1 N–H and O–H groups in total. The van der Waals surface area contributed by atoms with Crippen molar-refractivity contribution in [2.45, 2.75) is 44.7 Å². The summed E-state index contributed by atoms with van der Waals surface area (Å²) in [6.45, 7) is 3.65. The van der Waals surface area contributed by atoms with Gasteiger partial charge in [0.25, 0.3) is 10.2 Å². The van der Waals surface area contributed by atoms with Crippen molar-refractivity contribution in [3.05, 3.63) is 35.6 Å². The maximum absolute atomic E-state index is 13.0. The maximum Gasteiger partial charge on any atom is 0.280 e. The summed E-state index contributed by atoms with van der Waals surface area (Å²) < 4.78 is 41.9. The molecule has 112 valence electrons. The first-order valence-electron chi connectivity index (χ1n) is 6.80. The standard InChI is InChI=1S/C14H21FN2O2S/c1-11(2)17(3)20(18,19)16-14(9-4-10-14)12-5-7-13(15)8-6-12/h5-8,11,16H,4,9-10H2,1-3H3. The molecule has 20 heavy (non-hydrogen) atoms. The fourth-order valence-corrected chi connectivity index (χ4v) is 3.86. The number of rotatable bonds is 5. The summed E-state index contributed by atoms with van der Waals surface area (Å²) in [7, 11) is -1.99. The van der Waals surface area contributed by atoms with E-state index < -0.39 is 15.7 Å². The van der Waals surface area contributed by atoms with Crippen LogP contribution in [0.5, 0.6) is 0 Å². The number of nitrogens with one attached hydrogen (secondary N) is 1. The molecule has 1 saturated carbocycles. The molecular weight excluding hydrogens is 279 g/mol. The third-order valence-corrected chi connectivity index (χ3v) is 5.86. The largest absolute Gasteiger partial charge is 0.280 e. The average molecular weight is 300 g/mol. The number of hydrogen-bond donors (Lipinski definition) is 1. The van der Waals surface area contributed by atoms with E-state index in [4.69, 9.17) is 0 Å². The minimum absolute atomic E-state index is 0.113. The van der Waals surface area contributed by atoms with E-state index >= 15 is 0 Å². The summed E-state index contributed by atoms with van der Waals surface area (Å²) >= 11 is 0. The quantitative estimate of drug-likeness (QED) is 0.907. The summed E-state index contributed by atoms with van der Waals surface area (Å²) in [6.07, 6.45) is 2.44. The van der Waals surface area contributed by atoms with E-state index in [2.05, 4.69) is 4.72 Å². The summed E-state index contributed by atoms with van der Waals surface area (Å²) in [5.74, 6) is -0.314. The van der Waals surface area contributed by atoms with Crippen LogP contribution in [0.3, 0.4) is 0 Å². The molecule has 2 rings (SSSR count). The van der Waals surface area contributed by atoms with Gasteiger partial charge in [0.2, 0.25) is 0 Å². The highest BCUT2D eigenvalue weighted by Crippen LogP contribution is 2.42. The third-order valence-electron chi connectivity index (χ3n) is 4.03. The third kappa shape index (κ3) is 2.87. The summed E-state index contributed by atoms with van der Waals surface area (Å²) in [4.78, 5) is 0. The molecule has 0 bridgehead atoms. The Hall–Kier alpha value is -0.980. The van der Waals surface area contributed by atoms with Crippen LogP contribution in [0.25, 0.3) is 0 Å². The summed E-state index contributed by atoms with van der Waals surface area (Å²) in [5.41, 5.74) is 0.237. The van der Waals surface area contributed by atoms with Gasteiger partial charge in [-0.05, 0) is 50.8 Å². The monoisotopic (exact) mass is 300 g/mol. The summed E-state index contributed by atoms with van der Waals surface area (Å²) in [6, 6.07) is 5.95. The van der Waals surface area contributed by atoms with Crippen LogP contribution in [0.15, 0.2) is 24.3 Å². The summed E-state index contributed by atoms with van der Waals surface area (Å²) in [5, 5.41) is 0. The second-order valence-electron chi connectivity index (χ2n) is 5.66. The molecular formula is C14H21FN2O2S. The van der Waals surface area contributed by atoms with Crippen molar-refractivity contribution in [3.63, 3.8) is 0 Å². The molecule has 1 aromatic rings. The Morgan fingerprint density at radius 2 is 1.80 bits per heavy atom. The minimum atomic E-state index is -3.55. The highest BCUT2D eigenvalue weighted by atomic mass is 32.2. The van der Waals surface area contributed by atoms with Gasteiger partial charge in [0.15, 0.2) is 0 Å². The van der Waals surface area contributed by atoms with Crippen molar-refractivity contribution >= 4 is 10.2 Å². The Kier molecular flexibility index (Phi) is 4.18. The molecule has 1 aliphatic carbocycles. The van der Waals surface area contributed by atoms with Crippen LogP contribution < -0.4 is 4.72 Å². The molecule has 0 aliphatic heterocycles. The molecule has 0 unspecified atom stereocenters. The Morgan fingerprint density at radius 3 is 2.20 bits per heavy atom. The molecule has 1 aromatic carbocycles. The van der Waals surface area contributed by atoms with E-state index in [-0.39, 0.29) is 11.9 Å². The van der Waals surface area contributed by atoms with E-state index in [0.29, 0.717) is 0 Å². The average Bonchev–Trinajstić information content (AvgIpc) is 2.34. The smallest absolute Gasteiger partial charge is 0.207 e. The van der Waals surface area contributed by atoms with Gasteiger partial charge in [0, 0.05) is 13.1 Å². The van der Waals surface area contributed by atoms with Crippen molar-refractivity contribution in [1.82, 2.24) is 9.03 Å². The molecule has 1 fully saturated rings. The first-order valence-corrected chi connectivity index (χ1v) is 8.24. The lowest BCUT2D eigenvalue weighted by Gasteiger charge is -2.43. The number of nitrogens with zero attached hydrogens (tertiary/aromatic N) is 1. The Labute approximate surface area is 120 Å². The van der Waals surface area contributed by atoms with Crippen LogP contribution in [0.2, 0.25) is 0 Å². The second kappa shape index (κ2) is 5.42. The SMILES string of the molecule is CC(C)N(C)S(=O)(=O)NC1(c2ccc(F)cc2)CCC1. The predicted octanol–water partition coefficient (Wildman–Crippen LogP) is 2.38. The lowest BCUT2D eigenvalue weighted by atomic mass is 9.73. The topological polar surface area (TPSA) is 49.4 Å². The van der Waals surface area contributed by atoms with E-state index in [1.165, 1.54) is 16.4 Å². The normalized spacial score (nSPS) is 18.3. The Morgan fingerprint density at radius 1 is 1.25 bits per heavy atom. The molecule has 4 nitrogen and oxygen atoms in total. The highest BCUT2D eigenvalue weighted by Gasteiger charge is 2.43. The van der Waals surface area contributed by atoms with Crippen molar-refractivity contribution in [2.24, 2.45) is 0 Å². The maximum atomic E-state index is 13.0. The number of benzene rings is 1. The van der Waals surface area contributed by atoms with Crippen LogP contribution >= 0.6 is 0 Å². The zero-order chi connectivity index (χ0) is 15.0. The van der Waals surface area contributed by atoms with Crippen LogP contribution in [0, 0.1) is 5.82 Å². The van der Waals surface area contributed by atoms with E-state index in [9.17, 15) is 12.8 Å². The first-order chi connectivity index (χ1) is 9.27. The van der Waals surface area contributed by atoms with Crippen LogP contribution in [-0.4, -0.2) is 25.8 Å². The zero-order valence-electron chi connectivity index (χ0n) is 12.1. The molecule has 0 heterocycles. The zero-order valence-corrected chi connectivity index (χ0v) is 12.9. The molecule has 0 saturated heterocycles. The first kappa shape index (κ1) is 15.4. The minimum Gasteiger partial charge on any atom is -0.207 e. The van der Waals surface area contributed by atoms with Gasteiger partial charge in [-0.2, -0.15) is 17.4 Å². The molecule has 6 heteroatoms. The predicted molar refractivity (Wildman–Crippen MR) is 76.9 cm³/mol. The number of halogens is 1. The molecule has 1 aliphatic rings. The molecule has 0 radical (unpaired) electrons. The molecule has 0 atom stereocenters. The number of hydrogen-bond acceptors (Lipinski definition) is 2. The Balaban J connectivity index is 2.27. The van der Waals surface area contributed by atoms with Crippen LogP contribution in [-0.2, 0) is 15.7 Å². The van der Waals surface area contributed by atoms with Gasteiger partial charge in [-0.25, -0.2) is 4.39 Å². The van der Waals surface area contributed by atoms with Gasteiger partial charge in [-0.3, -0.25) is 0 Å². The van der Waals surface area contributed by atoms with Crippen LogP contribution in [0.1, 0.15) is 38.7 Å². The van der Waals surface area contributed by atoms with Crippen LogP contribution in [0.4, 0.5) is 4.39 Å².